The number of carboxylic acid groups (broad SMARTS) is 1. The molecule has 1 saturated heterocycles. The van der Waals surface area contributed by atoms with Crippen LogP contribution in [0, 0.1) is 0 Å². The minimum absolute atomic E-state index is 0.0338. The van der Waals surface area contributed by atoms with Crippen molar-refractivity contribution in [2.75, 3.05) is 32.8 Å². The van der Waals surface area contributed by atoms with Crippen LogP contribution in [0.25, 0.3) is 0 Å². The number of para-hydroxylation sites is 1. The van der Waals surface area contributed by atoms with Crippen LogP contribution < -0.4 is 4.74 Å². The Balaban J connectivity index is 1.53. The molecule has 0 bridgehead atoms. The summed E-state index contributed by atoms with van der Waals surface area (Å²) in [4.78, 5) is 15.1. The molecular formula is C21H22Br2N2O4. The fraction of sp³-hybridized carbons (Fsp3) is 0.381. The summed E-state index contributed by atoms with van der Waals surface area (Å²) in [5, 5.41) is 9.25. The van der Waals surface area contributed by atoms with Crippen LogP contribution in [0.3, 0.4) is 0 Å². The molecule has 4 rings (SSSR count). The van der Waals surface area contributed by atoms with Gasteiger partial charge >= 0.3 is 6.09 Å². The van der Waals surface area contributed by atoms with Crippen LogP contribution in [0.5, 0.6) is 5.75 Å². The van der Waals surface area contributed by atoms with Crippen molar-refractivity contribution >= 4 is 38.0 Å². The zero-order valence-corrected chi connectivity index (χ0v) is 18.9. The van der Waals surface area contributed by atoms with E-state index in [4.69, 9.17) is 9.47 Å². The Morgan fingerprint density at radius 2 is 1.79 bits per heavy atom. The van der Waals surface area contributed by atoms with Gasteiger partial charge in [0.15, 0.2) is 0 Å². The van der Waals surface area contributed by atoms with Gasteiger partial charge in [0.1, 0.15) is 18.5 Å². The van der Waals surface area contributed by atoms with Gasteiger partial charge in [-0.25, -0.2) is 4.79 Å². The first kappa shape index (κ1) is 20.7. The largest absolute Gasteiger partial charge is 0.490 e. The number of hydrogen-bond acceptors (Lipinski definition) is 4. The summed E-state index contributed by atoms with van der Waals surface area (Å²) in [6, 6.07) is 14.2. The third kappa shape index (κ3) is 4.77. The van der Waals surface area contributed by atoms with Crippen molar-refractivity contribution in [3.63, 3.8) is 0 Å². The van der Waals surface area contributed by atoms with Gasteiger partial charge in [0, 0.05) is 40.7 Å². The molecule has 2 aromatic carbocycles. The minimum Gasteiger partial charge on any atom is -0.490 e. The van der Waals surface area contributed by atoms with Gasteiger partial charge in [-0.3, -0.25) is 4.90 Å². The Kier molecular flexibility index (Phi) is 6.44. The summed E-state index contributed by atoms with van der Waals surface area (Å²) < 4.78 is 14.3. The van der Waals surface area contributed by atoms with Crippen LogP contribution in [0.2, 0.25) is 0 Å². The maximum absolute atomic E-state index is 11.3. The number of ether oxygens (including phenoxy) is 2. The fourth-order valence-electron chi connectivity index (χ4n) is 3.98. The van der Waals surface area contributed by atoms with E-state index in [0.29, 0.717) is 39.4 Å². The molecule has 0 saturated carbocycles. The monoisotopic (exact) mass is 524 g/mol. The smallest absolute Gasteiger partial charge is 0.407 e. The molecule has 0 spiro atoms. The second kappa shape index (κ2) is 9.04. The molecule has 29 heavy (non-hydrogen) atoms. The minimum atomic E-state index is -0.856. The lowest BCUT2D eigenvalue weighted by Crippen LogP contribution is -2.53. The van der Waals surface area contributed by atoms with E-state index >= 15 is 0 Å². The molecule has 2 heterocycles. The van der Waals surface area contributed by atoms with Crippen molar-refractivity contribution in [3.8, 4) is 5.75 Å². The zero-order chi connectivity index (χ0) is 20.4. The summed E-state index contributed by atoms with van der Waals surface area (Å²) in [6.07, 6.45) is -0.996. The molecule has 1 N–H and O–H groups in total. The number of piperazine rings is 1. The van der Waals surface area contributed by atoms with Crippen LogP contribution in [-0.2, 0) is 11.3 Å². The van der Waals surface area contributed by atoms with Crippen LogP contribution in [0.1, 0.15) is 17.2 Å². The zero-order valence-electron chi connectivity index (χ0n) is 15.8. The number of benzene rings is 2. The third-order valence-corrected chi connectivity index (χ3v) is 6.27. The van der Waals surface area contributed by atoms with Crippen molar-refractivity contribution in [3.05, 3.63) is 62.5 Å². The maximum Gasteiger partial charge on any atom is 0.407 e. The van der Waals surface area contributed by atoms with Crippen molar-refractivity contribution in [1.29, 1.82) is 0 Å². The molecule has 6 nitrogen and oxygen atoms in total. The Hall–Kier alpha value is -1.61. The lowest BCUT2D eigenvalue weighted by Gasteiger charge is -2.43. The molecule has 0 unspecified atom stereocenters. The molecule has 0 radical (unpaired) electrons. The summed E-state index contributed by atoms with van der Waals surface area (Å²) in [6.45, 7) is 3.29. The quantitative estimate of drug-likeness (QED) is 0.635. The second-order valence-electron chi connectivity index (χ2n) is 7.23. The van der Waals surface area contributed by atoms with E-state index in [2.05, 4.69) is 42.8 Å². The average molecular weight is 526 g/mol. The summed E-state index contributed by atoms with van der Waals surface area (Å²) in [5.74, 6) is 0.878. The van der Waals surface area contributed by atoms with Crippen molar-refractivity contribution in [1.82, 2.24) is 9.80 Å². The molecule has 1 amide bonds. The number of amides is 1. The molecule has 2 aliphatic rings. The van der Waals surface area contributed by atoms with Crippen LogP contribution in [-0.4, -0.2) is 59.9 Å². The standard InChI is InChI=1S/C21H22Br2N2O4/c22-15-9-14(10-16(23)11-15)12-28-19-13-29-18-4-2-1-3-17(18)20(19)24-5-7-25(8-6-24)21(26)27/h1-4,9-11,19-20H,5-8,12-13H2,(H,26,27)/t19-,20-/m0/s1. The van der Waals surface area contributed by atoms with E-state index in [-0.39, 0.29) is 12.1 Å². The summed E-state index contributed by atoms with van der Waals surface area (Å²) >= 11 is 7.04. The van der Waals surface area contributed by atoms with E-state index in [1.54, 1.807) is 0 Å². The molecule has 154 valence electrons. The van der Waals surface area contributed by atoms with Gasteiger partial charge < -0.3 is 19.5 Å². The lowest BCUT2D eigenvalue weighted by atomic mass is 9.95. The summed E-state index contributed by atoms with van der Waals surface area (Å²) in [5.41, 5.74) is 2.17. The van der Waals surface area contributed by atoms with Crippen molar-refractivity contribution < 1.29 is 19.4 Å². The molecule has 1 fully saturated rings. The molecule has 8 heteroatoms. The van der Waals surface area contributed by atoms with Gasteiger partial charge in [-0.1, -0.05) is 50.1 Å². The van der Waals surface area contributed by atoms with Crippen molar-refractivity contribution in [2.24, 2.45) is 0 Å². The average Bonchev–Trinajstić information content (AvgIpc) is 2.71. The molecular weight excluding hydrogens is 504 g/mol. The molecule has 0 aromatic heterocycles. The molecule has 0 aliphatic carbocycles. The predicted molar refractivity (Wildman–Crippen MR) is 116 cm³/mol. The molecule has 2 aromatic rings. The normalized spacial score (nSPS) is 22.1. The fourth-order valence-corrected chi connectivity index (χ4v) is 5.37. The van der Waals surface area contributed by atoms with Crippen LogP contribution in [0.15, 0.2) is 51.4 Å². The second-order valence-corrected chi connectivity index (χ2v) is 9.06. The van der Waals surface area contributed by atoms with Gasteiger partial charge in [0.2, 0.25) is 0 Å². The Bertz CT molecular complexity index is 866. The maximum atomic E-state index is 11.3. The Morgan fingerprint density at radius 1 is 1.10 bits per heavy atom. The van der Waals surface area contributed by atoms with E-state index < -0.39 is 6.09 Å². The SMILES string of the molecule is O=C(O)N1CCN([C@H]2c3ccccc3OC[C@@H]2OCc2cc(Br)cc(Br)c2)CC1. The number of rotatable bonds is 4. The van der Waals surface area contributed by atoms with E-state index in [9.17, 15) is 9.90 Å². The molecule has 2 aliphatic heterocycles. The van der Waals surface area contributed by atoms with Gasteiger partial charge in [-0.2, -0.15) is 0 Å². The number of fused-ring (bicyclic) bond motifs is 1. The highest BCUT2D eigenvalue weighted by Crippen LogP contribution is 2.38. The van der Waals surface area contributed by atoms with Gasteiger partial charge in [0.05, 0.1) is 12.6 Å². The number of carbonyl (C=O) groups is 1. The first-order valence-electron chi connectivity index (χ1n) is 9.51. The van der Waals surface area contributed by atoms with Gasteiger partial charge in [-0.05, 0) is 29.8 Å². The predicted octanol–water partition coefficient (Wildman–Crippen LogP) is 4.53. The number of hydrogen-bond donors (Lipinski definition) is 1. The number of halogens is 2. The first-order valence-corrected chi connectivity index (χ1v) is 11.1. The van der Waals surface area contributed by atoms with Crippen LogP contribution in [0.4, 0.5) is 4.79 Å². The Labute approximate surface area is 186 Å². The van der Waals surface area contributed by atoms with Gasteiger partial charge in [-0.15, -0.1) is 0 Å². The third-order valence-electron chi connectivity index (χ3n) is 5.36. The van der Waals surface area contributed by atoms with E-state index in [0.717, 1.165) is 25.8 Å². The Morgan fingerprint density at radius 3 is 2.48 bits per heavy atom. The van der Waals surface area contributed by atoms with Crippen LogP contribution >= 0.6 is 31.9 Å². The van der Waals surface area contributed by atoms with E-state index in [1.807, 2.05) is 36.4 Å². The first-order chi connectivity index (χ1) is 14.0. The summed E-state index contributed by atoms with van der Waals surface area (Å²) in [7, 11) is 0. The highest BCUT2D eigenvalue weighted by molar-refractivity contribution is 9.11. The van der Waals surface area contributed by atoms with E-state index in [1.165, 1.54) is 4.90 Å². The number of nitrogens with zero attached hydrogens (tertiary/aromatic N) is 2. The topological polar surface area (TPSA) is 62.2 Å². The molecule has 2 atom stereocenters. The highest BCUT2D eigenvalue weighted by Gasteiger charge is 2.37. The highest BCUT2D eigenvalue weighted by atomic mass is 79.9. The van der Waals surface area contributed by atoms with Gasteiger partial charge in [0.25, 0.3) is 0 Å². The lowest BCUT2D eigenvalue weighted by molar-refractivity contribution is -0.0670. The van der Waals surface area contributed by atoms with Crippen molar-refractivity contribution in [2.45, 2.75) is 18.8 Å².